The van der Waals surface area contributed by atoms with Gasteiger partial charge in [0.15, 0.2) is 5.82 Å². The van der Waals surface area contributed by atoms with Crippen LogP contribution >= 0.6 is 0 Å². The van der Waals surface area contributed by atoms with E-state index in [0.29, 0.717) is 23.9 Å². The highest BCUT2D eigenvalue weighted by Crippen LogP contribution is 2.20. The first-order valence-electron chi connectivity index (χ1n) is 7.98. The minimum absolute atomic E-state index is 0.342. The molecule has 0 bridgehead atoms. The molecule has 0 aliphatic heterocycles. The number of nitrogens with one attached hydrogen (secondary N) is 1. The monoisotopic (exact) mass is 349 g/mol. The van der Waals surface area contributed by atoms with Crippen LogP contribution in [0.4, 0.5) is 5.82 Å². The number of rotatable bonds is 7. The molecule has 25 heavy (non-hydrogen) atoms. The van der Waals surface area contributed by atoms with Crippen molar-refractivity contribution in [2.45, 2.75) is 10.6 Å². The molecule has 0 unspecified atom stereocenters. The minimum atomic E-state index is -1.15. The highest BCUT2D eigenvalue weighted by Gasteiger charge is 2.10. The lowest BCUT2D eigenvalue weighted by atomic mass is 10.2. The van der Waals surface area contributed by atoms with E-state index in [0.717, 1.165) is 16.2 Å². The normalized spacial score (nSPS) is 11.7. The van der Waals surface area contributed by atoms with Gasteiger partial charge in [0, 0.05) is 23.1 Å². The Hall–Kier alpha value is -2.79. The molecule has 1 N–H and O–H groups in total. The summed E-state index contributed by atoms with van der Waals surface area (Å²) in [5.41, 5.74) is 1.67. The van der Waals surface area contributed by atoms with Crippen molar-refractivity contribution in [2.24, 2.45) is 0 Å². The second-order valence-corrected chi connectivity index (χ2v) is 6.86. The van der Waals surface area contributed by atoms with Crippen molar-refractivity contribution in [2.75, 3.05) is 11.9 Å². The van der Waals surface area contributed by atoms with Gasteiger partial charge in [-0.05, 0) is 12.1 Å². The lowest BCUT2D eigenvalue weighted by Gasteiger charge is -2.09. The molecule has 0 saturated carbocycles. The lowest BCUT2D eigenvalue weighted by molar-refractivity contribution is 0.682. The maximum atomic E-state index is 12.6. The largest absolute Gasteiger partial charge is 0.366 e. The summed E-state index contributed by atoms with van der Waals surface area (Å²) in [5.74, 6) is 1.67. The first-order chi connectivity index (χ1) is 12.3. The summed E-state index contributed by atoms with van der Waals surface area (Å²) >= 11 is 0. The number of anilines is 1. The van der Waals surface area contributed by atoms with Gasteiger partial charge in [-0.2, -0.15) is 0 Å². The summed E-state index contributed by atoms with van der Waals surface area (Å²) in [5, 5.41) is 3.19. The van der Waals surface area contributed by atoms with Gasteiger partial charge in [-0.3, -0.25) is 4.21 Å². The molecule has 1 atom stereocenters. The van der Waals surface area contributed by atoms with Gasteiger partial charge in [0.25, 0.3) is 0 Å². The third kappa shape index (κ3) is 4.61. The standard InChI is InChI=1S/C20H19N3OS/c1-2-13-21-19-14-17(15-25(24)18-11-7-4-8-12-18)22-20(23-19)16-9-5-3-6-10-16/h2-12,14H,1,13,15H2,(H,21,22,23)/t25-/m0/s1. The van der Waals surface area contributed by atoms with Crippen LogP contribution in [-0.4, -0.2) is 20.7 Å². The van der Waals surface area contributed by atoms with Crippen LogP contribution in [0.3, 0.4) is 0 Å². The average Bonchev–Trinajstić information content (AvgIpc) is 2.67. The van der Waals surface area contributed by atoms with Crippen LogP contribution in [0, 0.1) is 0 Å². The SMILES string of the molecule is C=CCNc1cc(C[S@](=O)c2ccccc2)nc(-c2ccccc2)n1. The third-order valence-electron chi connectivity index (χ3n) is 3.52. The molecule has 0 aliphatic carbocycles. The van der Waals surface area contributed by atoms with E-state index in [1.165, 1.54) is 0 Å². The highest BCUT2D eigenvalue weighted by molar-refractivity contribution is 7.84. The summed E-state index contributed by atoms with van der Waals surface area (Å²) in [7, 11) is -1.15. The molecule has 0 aliphatic rings. The smallest absolute Gasteiger partial charge is 0.161 e. The van der Waals surface area contributed by atoms with Crippen LogP contribution < -0.4 is 5.32 Å². The molecular weight excluding hydrogens is 330 g/mol. The van der Waals surface area contributed by atoms with Gasteiger partial charge in [-0.15, -0.1) is 6.58 Å². The molecule has 3 rings (SSSR count). The van der Waals surface area contributed by atoms with Crippen molar-refractivity contribution in [3.05, 3.63) is 85.1 Å². The van der Waals surface area contributed by atoms with Crippen molar-refractivity contribution in [3.63, 3.8) is 0 Å². The van der Waals surface area contributed by atoms with E-state index < -0.39 is 10.8 Å². The Morgan fingerprint density at radius 2 is 1.68 bits per heavy atom. The fourth-order valence-corrected chi connectivity index (χ4v) is 3.39. The number of benzene rings is 2. The van der Waals surface area contributed by atoms with Gasteiger partial charge in [0.1, 0.15) is 5.82 Å². The summed E-state index contributed by atoms with van der Waals surface area (Å²) in [6.45, 7) is 4.32. The maximum absolute atomic E-state index is 12.6. The molecule has 2 aromatic carbocycles. The predicted octanol–water partition coefficient (Wildman–Crippen LogP) is 4.05. The van der Waals surface area contributed by atoms with E-state index in [1.807, 2.05) is 66.7 Å². The molecule has 0 spiro atoms. The van der Waals surface area contributed by atoms with Crippen LogP contribution in [0.15, 0.2) is 84.3 Å². The van der Waals surface area contributed by atoms with Crippen molar-refractivity contribution in [3.8, 4) is 11.4 Å². The molecule has 0 amide bonds. The maximum Gasteiger partial charge on any atom is 0.161 e. The minimum Gasteiger partial charge on any atom is -0.366 e. The Balaban J connectivity index is 1.92. The van der Waals surface area contributed by atoms with Crippen molar-refractivity contribution < 1.29 is 4.21 Å². The molecule has 0 fully saturated rings. The van der Waals surface area contributed by atoms with E-state index in [2.05, 4.69) is 21.9 Å². The van der Waals surface area contributed by atoms with Crippen LogP contribution in [-0.2, 0) is 16.6 Å². The summed E-state index contributed by atoms with van der Waals surface area (Å²) in [6, 6.07) is 21.0. The first kappa shape index (κ1) is 17.0. The van der Waals surface area contributed by atoms with Gasteiger partial charge in [0.05, 0.1) is 22.2 Å². The summed E-state index contributed by atoms with van der Waals surface area (Å²) in [4.78, 5) is 9.95. The van der Waals surface area contributed by atoms with E-state index >= 15 is 0 Å². The van der Waals surface area contributed by atoms with Crippen molar-refractivity contribution in [1.82, 2.24) is 9.97 Å². The van der Waals surface area contributed by atoms with Gasteiger partial charge in [-0.1, -0.05) is 54.6 Å². The topological polar surface area (TPSA) is 54.9 Å². The van der Waals surface area contributed by atoms with E-state index in [4.69, 9.17) is 0 Å². The number of aromatic nitrogens is 2. The second-order valence-electron chi connectivity index (χ2n) is 5.41. The zero-order valence-corrected chi connectivity index (χ0v) is 14.6. The highest BCUT2D eigenvalue weighted by atomic mass is 32.2. The Bertz CT molecular complexity index is 867. The van der Waals surface area contributed by atoms with Crippen LogP contribution in [0.25, 0.3) is 11.4 Å². The average molecular weight is 349 g/mol. The molecular formula is C20H19N3OS. The molecule has 5 heteroatoms. The molecule has 0 saturated heterocycles. The Labute approximate surface area is 150 Å². The number of hydrogen-bond acceptors (Lipinski definition) is 4. The Morgan fingerprint density at radius 1 is 1.00 bits per heavy atom. The molecule has 3 aromatic rings. The van der Waals surface area contributed by atoms with Gasteiger partial charge >= 0.3 is 0 Å². The first-order valence-corrected chi connectivity index (χ1v) is 9.30. The zero-order valence-electron chi connectivity index (χ0n) is 13.8. The summed E-state index contributed by atoms with van der Waals surface area (Å²) < 4.78 is 12.6. The molecule has 1 heterocycles. The van der Waals surface area contributed by atoms with Crippen LogP contribution in [0.5, 0.6) is 0 Å². The molecule has 4 nitrogen and oxygen atoms in total. The lowest BCUT2D eigenvalue weighted by Crippen LogP contribution is -2.06. The van der Waals surface area contributed by atoms with Crippen molar-refractivity contribution >= 4 is 16.6 Å². The van der Waals surface area contributed by atoms with E-state index in [9.17, 15) is 4.21 Å². The number of nitrogens with zero attached hydrogens (tertiary/aromatic N) is 2. The van der Waals surface area contributed by atoms with E-state index in [-0.39, 0.29) is 0 Å². The van der Waals surface area contributed by atoms with E-state index in [1.54, 1.807) is 6.08 Å². The Kier molecular flexibility index (Phi) is 5.69. The zero-order chi connectivity index (χ0) is 17.5. The van der Waals surface area contributed by atoms with Crippen LogP contribution in [0.2, 0.25) is 0 Å². The third-order valence-corrected chi connectivity index (χ3v) is 4.88. The number of hydrogen-bond donors (Lipinski definition) is 1. The quantitative estimate of drug-likeness (QED) is 0.654. The van der Waals surface area contributed by atoms with Gasteiger partial charge in [-0.25, -0.2) is 9.97 Å². The van der Waals surface area contributed by atoms with Gasteiger partial charge < -0.3 is 5.32 Å². The molecule has 0 radical (unpaired) electrons. The molecule has 126 valence electrons. The fraction of sp³-hybridized carbons (Fsp3) is 0.100. The van der Waals surface area contributed by atoms with Crippen molar-refractivity contribution in [1.29, 1.82) is 0 Å². The fourth-order valence-electron chi connectivity index (χ4n) is 2.34. The molecule has 1 aromatic heterocycles. The van der Waals surface area contributed by atoms with Gasteiger partial charge in [0.2, 0.25) is 0 Å². The van der Waals surface area contributed by atoms with Crippen LogP contribution in [0.1, 0.15) is 5.69 Å². The second kappa shape index (κ2) is 8.35. The summed E-state index contributed by atoms with van der Waals surface area (Å²) in [6.07, 6.45) is 1.77. The Morgan fingerprint density at radius 3 is 2.36 bits per heavy atom. The predicted molar refractivity (Wildman–Crippen MR) is 103 cm³/mol.